The minimum atomic E-state index is -0.827. The molecule has 33 heavy (non-hydrogen) atoms. The van der Waals surface area contributed by atoms with E-state index in [-0.39, 0.29) is 17.9 Å². The fourth-order valence-corrected chi connectivity index (χ4v) is 3.99. The Hall–Kier alpha value is -3.19. The molecule has 0 spiro atoms. The van der Waals surface area contributed by atoms with Crippen molar-refractivity contribution in [2.45, 2.75) is 26.2 Å². The number of benzene rings is 2. The van der Waals surface area contributed by atoms with Gasteiger partial charge in [-0.3, -0.25) is 9.80 Å². The molecule has 0 aliphatic carbocycles. The van der Waals surface area contributed by atoms with Gasteiger partial charge in [-0.1, -0.05) is 42.5 Å². The number of anilines is 1. The van der Waals surface area contributed by atoms with E-state index in [1.165, 1.54) is 41.3 Å². The van der Waals surface area contributed by atoms with E-state index in [0.29, 0.717) is 13.0 Å². The van der Waals surface area contributed by atoms with Crippen LogP contribution in [-0.4, -0.2) is 56.9 Å². The minimum Gasteiger partial charge on any atom is -0.465 e. The molecule has 0 aromatic heterocycles. The molecule has 0 saturated heterocycles. The summed E-state index contributed by atoms with van der Waals surface area (Å²) < 4.78 is 24.3. The molecule has 7 heteroatoms. The summed E-state index contributed by atoms with van der Waals surface area (Å²) in [7, 11) is 1.18. The molecule has 2 aromatic rings. The summed E-state index contributed by atoms with van der Waals surface area (Å²) in [6.07, 6.45) is 4.21. The minimum absolute atomic E-state index is 0.161. The molecule has 6 nitrogen and oxygen atoms in total. The molecule has 1 aliphatic heterocycles. The van der Waals surface area contributed by atoms with Crippen molar-refractivity contribution < 1.29 is 23.5 Å². The summed E-state index contributed by atoms with van der Waals surface area (Å²) in [4.78, 5) is 28.4. The molecule has 176 valence electrons. The van der Waals surface area contributed by atoms with Crippen molar-refractivity contribution in [3.8, 4) is 0 Å². The van der Waals surface area contributed by atoms with Crippen LogP contribution in [0.2, 0.25) is 0 Å². The van der Waals surface area contributed by atoms with Crippen molar-refractivity contribution in [3.63, 3.8) is 0 Å². The average Bonchev–Trinajstić information content (AvgIpc) is 2.84. The van der Waals surface area contributed by atoms with Crippen LogP contribution in [0.15, 0.2) is 54.6 Å². The van der Waals surface area contributed by atoms with E-state index in [4.69, 9.17) is 9.47 Å². The van der Waals surface area contributed by atoms with Gasteiger partial charge < -0.3 is 9.47 Å². The summed E-state index contributed by atoms with van der Waals surface area (Å²) in [5.74, 6) is -1.56. The topological polar surface area (TPSA) is 59.1 Å². The van der Waals surface area contributed by atoms with Crippen molar-refractivity contribution in [1.29, 1.82) is 0 Å². The van der Waals surface area contributed by atoms with Crippen LogP contribution in [0.5, 0.6) is 0 Å². The second kappa shape index (κ2) is 12.2. The third-order valence-corrected chi connectivity index (χ3v) is 5.70. The SMILES string of the molecule is CCOC(=O)N(CCCCN1CC=C(c2ccccc2)CC1)c1cccc(F)c1C(=O)OC. The third kappa shape index (κ3) is 6.42. The zero-order valence-electron chi connectivity index (χ0n) is 19.3. The standard InChI is InChI=1S/C26H31FN2O4/c1-3-33-26(31)29(23-13-9-12-22(27)24(23)25(30)32-2)17-8-7-16-28-18-14-21(15-19-28)20-10-5-4-6-11-20/h4-6,9-14H,3,7-8,15-19H2,1-2H3. The fraction of sp³-hybridized carbons (Fsp3) is 0.385. The normalized spacial score (nSPS) is 13.8. The number of hydrogen-bond acceptors (Lipinski definition) is 5. The molecule has 0 fully saturated rings. The van der Waals surface area contributed by atoms with Crippen LogP contribution in [0.1, 0.15) is 42.1 Å². The molecule has 1 amide bonds. The van der Waals surface area contributed by atoms with Gasteiger partial charge in [-0.25, -0.2) is 14.0 Å². The first-order chi connectivity index (χ1) is 16.0. The van der Waals surface area contributed by atoms with Gasteiger partial charge in [0.2, 0.25) is 0 Å². The molecular formula is C26H31FN2O4. The van der Waals surface area contributed by atoms with Crippen LogP contribution in [0.3, 0.4) is 0 Å². The lowest BCUT2D eigenvalue weighted by molar-refractivity contribution is 0.0596. The van der Waals surface area contributed by atoms with Gasteiger partial charge in [-0.2, -0.15) is 0 Å². The van der Waals surface area contributed by atoms with Crippen molar-refractivity contribution in [1.82, 2.24) is 4.90 Å². The predicted octanol–water partition coefficient (Wildman–Crippen LogP) is 5.14. The quantitative estimate of drug-likeness (QED) is 0.388. The molecule has 0 radical (unpaired) electrons. The van der Waals surface area contributed by atoms with E-state index >= 15 is 0 Å². The Kier molecular flexibility index (Phi) is 9.01. The number of carbonyl (C=O) groups is 2. The summed E-state index contributed by atoms with van der Waals surface area (Å²) >= 11 is 0. The Morgan fingerprint density at radius 1 is 1.09 bits per heavy atom. The highest BCUT2D eigenvalue weighted by Gasteiger charge is 2.26. The van der Waals surface area contributed by atoms with Crippen LogP contribution < -0.4 is 4.90 Å². The predicted molar refractivity (Wildman–Crippen MR) is 127 cm³/mol. The zero-order valence-corrected chi connectivity index (χ0v) is 19.3. The second-order valence-electron chi connectivity index (χ2n) is 7.83. The van der Waals surface area contributed by atoms with Crippen LogP contribution in [-0.2, 0) is 9.47 Å². The number of esters is 1. The van der Waals surface area contributed by atoms with E-state index in [1.54, 1.807) is 6.92 Å². The average molecular weight is 455 g/mol. The van der Waals surface area contributed by atoms with Crippen molar-refractivity contribution >= 4 is 23.3 Å². The Balaban J connectivity index is 1.60. The number of carbonyl (C=O) groups excluding carboxylic acids is 2. The van der Waals surface area contributed by atoms with E-state index < -0.39 is 17.9 Å². The summed E-state index contributed by atoms with van der Waals surface area (Å²) in [5.41, 5.74) is 2.55. The number of halogens is 1. The fourth-order valence-electron chi connectivity index (χ4n) is 3.99. The molecule has 0 N–H and O–H groups in total. The maximum absolute atomic E-state index is 14.4. The number of unbranched alkanes of at least 4 members (excludes halogenated alkanes) is 1. The lowest BCUT2D eigenvalue weighted by atomic mass is 9.99. The molecule has 0 unspecified atom stereocenters. The van der Waals surface area contributed by atoms with E-state index in [2.05, 4.69) is 35.2 Å². The van der Waals surface area contributed by atoms with Crippen LogP contribution in [0, 0.1) is 5.82 Å². The molecule has 0 bridgehead atoms. The maximum Gasteiger partial charge on any atom is 0.414 e. The Morgan fingerprint density at radius 3 is 2.55 bits per heavy atom. The highest BCUT2D eigenvalue weighted by atomic mass is 19.1. The molecular weight excluding hydrogens is 423 g/mol. The first-order valence-corrected chi connectivity index (χ1v) is 11.3. The first kappa shape index (κ1) is 24.5. The number of amides is 1. The number of nitrogens with zero attached hydrogens (tertiary/aromatic N) is 2. The Bertz CT molecular complexity index is 978. The van der Waals surface area contributed by atoms with E-state index in [9.17, 15) is 14.0 Å². The third-order valence-electron chi connectivity index (χ3n) is 5.70. The van der Waals surface area contributed by atoms with Crippen molar-refractivity contribution in [3.05, 3.63) is 71.6 Å². The molecule has 0 atom stereocenters. The smallest absolute Gasteiger partial charge is 0.414 e. The van der Waals surface area contributed by atoms with E-state index in [1.807, 2.05) is 6.07 Å². The number of ether oxygens (including phenoxy) is 2. The monoisotopic (exact) mass is 454 g/mol. The molecule has 0 saturated carbocycles. The maximum atomic E-state index is 14.4. The van der Waals surface area contributed by atoms with Gasteiger partial charge in [0.05, 0.1) is 19.4 Å². The first-order valence-electron chi connectivity index (χ1n) is 11.3. The number of hydrogen-bond donors (Lipinski definition) is 0. The second-order valence-corrected chi connectivity index (χ2v) is 7.83. The van der Waals surface area contributed by atoms with Gasteiger partial charge in [0.15, 0.2) is 0 Å². The van der Waals surface area contributed by atoms with E-state index in [0.717, 1.165) is 32.5 Å². The van der Waals surface area contributed by atoms with Gasteiger partial charge in [0.25, 0.3) is 0 Å². The van der Waals surface area contributed by atoms with Crippen LogP contribution >= 0.6 is 0 Å². The number of methoxy groups -OCH3 is 1. The molecule has 1 heterocycles. The van der Waals surface area contributed by atoms with Gasteiger partial charge in [0.1, 0.15) is 11.4 Å². The van der Waals surface area contributed by atoms with Crippen LogP contribution in [0.4, 0.5) is 14.9 Å². The highest BCUT2D eigenvalue weighted by molar-refractivity contribution is 6.01. The lowest BCUT2D eigenvalue weighted by Crippen LogP contribution is -2.35. The van der Waals surface area contributed by atoms with Crippen molar-refractivity contribution in [2.75, 3.05) is 44.8 Å². The zero-order chi connectivity index (χ0) is 23.6. The van der Waals surface area contributed by atoms with Crippen LogP contribution in [0.25, 0.3) is 5.57 Å². The summed E-state index contributed by atoms with van der Waals surface area (Å²) in [6, 6.07) is 14.6. The highest BCUT2D eigenvalue weighted by Crippen LogP contribution is 2.26. The Morgan fingerprint density at radius 2 is 1.88 bits per heavy atom. The van der Waals surface area contributed by atoms with Gasteiger partial charge >= 0.3 is 12.1 Å². The molecule has 2 aromatic carbocycles. The van der Waals surface area contributed by atoms with Crippen molar-refractivity contribution in [2.24, 2.45) is 0 Å². The van der Waals surface area contributed by atoms with Gasteiger partial charge in [-0.15, -0.1) is 0 Å². The van der Waals surface area contributed by atoms with Gasteiger partial charge in [-0.05, 0) is 56.0 Å². The van der Waals surface area contributed by atoms with Gasteiger partial charge in [0, 0.05) is 19.6 Å². The molecule has 1 aliphatic rings. The number of rotatable bonds is 9. The summed E-state index contributed by atoms with van der Waals surface area (Å²) in [6.45, 7) is 4.97. The largest absolute Gasteiger partial charge is 0.465 e. The summed E-state index contributed by atoms with van der Waals surface area (Å²) in [5, 5.41) is 0. The lowest BCUT2D eigenvalue weighted by Gasteiger charge is -2.27. The Labute approximate surface area is 194 Å². The molecule has 3 rings (SSSR count).